The number of hydrogen-bond donors (Lipinski definition) is 2. The molecule has 2 aliphatic heterocycles. The Morgan fingerprint density at radius 3 is 2.66 bits per heavy atom. The molecule has 198 valence electrons. The first-order chi connectivity index (χ1) is 18.5. The van der Waals surface area contributed by atoms with Crippen LogP contribution in [-0.4, -0.2) is 77.6 Å². The Labute approximate surface area is 222 Å². The van der Waals surface area contributed by atoms with Crippen LogP contribution >= 0.6 is 0 Å². The number of aryl methyl sites for hydroxylation is 1. The first kappa shape index (κ1) is 25.8. The summed E-state index contributed by atoms with van der Waals surface area (Å²) in [6, 6.07) is 17.3. The number of hydrogen-bond acceptors (Lipinski definition) is 6. The Bertz CT molecular complexity index is 1330. The molecule has 5 rings (SSSR count). The zero-order valence-corrected chi connectivity index (χ0v) is 21.6. The Morgan fingerprint density at radius 2 is 1.92 bits per heavy atom. The van der Waals surface area contributed by atoms with Crippen LogP contribution in [0.25, 0.3) is 5.69 Å². The van der Waals surface area contributed by atoms with Gasteiger partial charge in [0, 0.05) is 48.8 Å². The van der Waals surface area contributed by atoms with Crippen molar-refractivity contribution in [3.63, 3.8) is 0 Å². The highest BCUT2D eigenvalue weighted by molar-refractivity contribution is 6.03. The van der Waals surface area contributed by atoms with E-state index in [1.54, 1.807) is 9.58 Å². The highest BCUT2D eigenvalue weighted by Gasteiger charge is 2.37. The maximum Gasteiger partial charge on any atom is 0.252 e. The fourth-order valence-corrected chi connectivity index (χ4v) is 5.22. The molecule has 1 fully saturated rings. The Balaban J connectivity index is 1.43. The number of nitrogens with zero attached hydrogens (tertiary/aromatic N) is 4. The van der Waals surface area contributed by atoms with E-state index in [2.05, 4.69) is 16.8 Å². The molecule has 0 saturated carbocycles. The molecular formula is C29H33N5O4. The summed E-state index contributed by atoms with van der Waals surface area (Å²) in [5.41, 5.74) is 4.66. The summed E-state index contributed by atoms with van der Waals surface area (Å²) in [6.45, 7) is 9.36. The number of aliphatic hydroxyl groups excluding tert-OH is 1. The Hall–Kier alpha value is -3.79. The van der Waals surface area contributed by atoms with Gasteiger partial charge in [0.2, 0.25) is 5.91 Å². The molecule has 0 radical (unpaired) electrons. The molecule has 1 saturated heterocycles. The summed E-state index contributed by atoms with van der Waals surface area (Å²) in [5.74, 6) is 0.133. The molecule has 0 spiro atoms. The molecule has 2 aromatic carbocycles. The summed E-state index contributed by atoms with van der Waals surface area (Å²) in [6.07, 6.45) is 0.245. The maximum atomic E-state index is 13.3. The number of ether oxygens (including phenoxy) is 1. The predicted molar refractivity (Wildman–Crippen MR) is 146 cm³/mol. The summed E-state index contributed by atoms with van der Waals surface area (Å²) in [4.78, 5) is 30.0. The molecule has 3 heterocycles. The lowest BCUT2D eigenvalue weighted by Crippen LogP contribution is -2.40. The van der Waals surface area contributed by atoms with Gasteiger partial charge in [-0.15, -0.1) is 0 Å². The van der Waals surface area contributed by atoms with Gasteiger partial charge in [0.05, 0.1) is 37.7 Å². The van der Waals surface area contributed by atoms with Gasteiger partial charge in [-0.3, -0.25) is 19.4 Å². The molecule has 3 aromatic rings. The largest absolute Gasteiger partial charge is 0.395 e. The van der Waals surface area contributed by atoms with Crippen LogP contribution in [0.4, 0.5) is 11.5 Å². The van der Waals surface area contributed by atoms with Gasteiger partial charge < -0.3 is 15.2 Å². The van der Waals surface area contributed by atoms with Crippen LogP contribution in [0, 0.1) is 6.92 Å². The van der Waals surface area contributed by atoms with Crippen molar-refractivity contribution < 1.29 is 19.4 Å². The number of amides is 2. The highest BCUT2D eigenvalue weighted by atomic mass is 16.5. The third kappa shape index (κ3) is 5.26. The van der Waals surface area contributed by atoms with Gasteiger partial charge in [0.15, 0.2) is 0 Å². The molecule has 38 heavy (non-hydrogen) atoms. The van der Waals surface area contributed by atoms with Crippen LogP contribution in [0.1, 0.15) is 29.2 Å². The first-order valence-corrected chi connectivity index (χ1v) is 12.9. The zero-order valence-electron chi connectivity index (χ0n) is 21.6. The minimum atomic E-state index is -0.238. The number of fused-ring (bicyclic) bond motifs is 1. The number of β-amino-alcohol motifs (C(OH)–C–C–N with tert-alkyl or cyclic N) is 1. The van der Waals surface area contributed by atoms with Crippen molar-refractivity contribution in [3.8, 4) is 5.69 Å². The normalized spacial score (nSPS) is 17.8. The highest BCUT2D eigenvalue weighted by Crippen LogP contribution is 2.43. The monoisotopic (exact) mass is 515 g/mol. The Morgan fingerprint density at radius 1 is 1.16 bits per heavy atom. The number of benzene rings is 2. The molecule has 9 heteroatoms. The average molecular weight is 516 g/mol. The van der Waals surface area contributed by atoms with E-state index in [0.29, 0.717) is 36.8 Å². The number of nitrogens with one attached hydrogen (secondary N) is 1. The standard InChI is InChI=1S/C29H33N5O4/c1-20(19-32-12-15-38-16-13-32)28(37)30-23-8-6-7-22(17-23)25-18-26(36)33(11-14-35)29-27(25)21(2)31-34(29)24-9-4-3-5-10-24/h3-10,17,25,35H,1,11-16,18-19H2,2H3,(H,30,37). The van der Waals surface area contributed by atoms with Crippen molar-refractivity contribution in [1.29, 1.82) is 0 Å². The van der Waals surface area contributed by atoms with E-state index in [1.165, 1.54) is 0 Å². The topological polar surface area (TPSA) is 99.9 Å². The third-order valence-electron chi connectivity index (χ3n) is 7.08. The van der Waals surface area contributed by atoms with Gasteiger partial charge >= 0.3 is 0 Å². The second kappa shape index (κ2) is 11.3. The second-order valence-electron chi connectivity index (χ2n) is 9.67. The third-order valence-corrected chi connectivity index (χ3v) is 7.08. The van der Waals surface area contributed by atoms with E-state index in [1.807, 2.05) is 61.5 Å². The second-order valence-corrected chi connectivity index (χ2v) is 9.67. The molecular weight excluding hydrogens is 482 g/mol. The van der Waals surface area contributed by atoms with Crippen LogP contribution < -0.4 is 10.2 Å². The van der Waals surface area contributed by atoms with Crippen molar-refractivity contribution in [3.05, 3.63) is 83.6 Å². The minimum Gasteiger partial charge on any atom is -0.395 e. The molecule has 1 atom stereocenters. The first-order valence-electron chi connectivity index (χ1n) is 12.9. The average Bonchev–Trinajstić information content (AvgIpc) is 3.28. The summed E-state index contributed by atoms with van der Waals surface area (Å²) >= 11 is 0. The molecule has 9 nitrogen and oxygen atoms in total. The number of carbonyl (C=O) groups excluding carboxylic acids is 2. The minimum absolute atomic E-state index is 0.0815. The molecule has 2 amide bonds. The number of para-hydroxylation sites is 1. The van der Waals surface area contributed by atoms with Gasteiger partial charge in [-0.1, -0.05) is 36.9 Å². The van der Waals surface area contributed by atoms with Crippen LogP contribution in [-0.2, 0) is 14.3 Å². The number of aliphatic hydroxyl groups is 1. The van der Waals surface area contributed by atoms with Gasteiger partial charge in [-0.2, -0.15) is 5.10 Å². The SMILES string of the molecule is C=C(CN1CCOCC1)C(=O)Nc1cccc(C2CC(=O)N(CCO)c3c2c(C)nn3-c2ccccc2)c1. The summed E-state index contributed by atoms with van der Waals surface area (Å²) < 4.78 is 7.16. The van der Waals surface area contributed by atoms with Crippen molar-refractivity contribution in [2.45, 2.75) is 19.3 Å². The predicted octanol–water partition coefficient (Wildman–Crippen LogP) is 2.87. The maximum absolute atomic E-state index is 13.3. The van der Waals surface area contributed by atoms with Crippen molar-refractivity contribution in [2.24, 2.45) is 0 Å². The van der Waals surface area contributed by atoms with Crippen molar-refractivity contribution >= 4 is 23.3 Å². The number of morpholine rings is 1. The van der Waals surface area contributed by atoms with E-state index in [4.69, 9.17) is 9.84 Å². The fraction of sp³-hybridized carbons (Fsp3) is 0.345. The fourth-order valence-electron chi connectivity index (χ4n) is 5.22. The molecule has 2 aliphatic rings. The van der Waals surface area contributed by atoms with Gasteiger partial charge in [-0.05, 0) is 36.8 Å². The van der Waals surface area contributed by atoms with Gasteiger partial charge in [-0.25, -0.2) is 4.68 Å². The lowest BCUT2D eigenvalue weighted by Gasteiger charge is -2.33. The molecule has 1 unspecified atom stereocenters. The van der Waals surface area contributed by atoms with E-state index in [9.17, 15) is 14.7 Å². The molecule has 1 aromatic heterocycles. The lowest BCUT2D eigenvalue weighted by atomic mass is 9.85. The van der Waals surface area contributed by atoms with Crippen LogP contribution in [0.2, 0.25) is 0 Å². The van der Waals surface area contributed by atoms with Crippen molar-refractivity contribution in [2.75, 3.05) is 56.2 Å². The van der Waals surface area contributed by atoms with E-state index < -0.39 is 0 Å². The molecule has 2 N–H and O–H groups in total. The lowest BCUT2D eigenvalue weighted by molar-refractivity contribution is -0.119. The number of rotatable bonds is 8. The van der Waals surface area contributed by atoms with Gasteiger partial charge in [0.1, 0.15) is 5.82 Å². The van der Waals surface area contributed by atoms with E-state index in [-0.39, 0.29) is 37.3 Å². The quantitative estimate of drug-likeness (QED) is 0.448. The van der Waals surface area contributed by atoms with Crippen molar-refractivity contribution in [1.82, 2.24) is 14.7 Å². The number of aromatic nitrogens is 2. The van der Waals surface area contributed by atoms with E-state index >= 15 is 0 Å². The Kier molecular flexibility index (Phi) is 7.69. The van der Waals surface area contributed by atoms with Crippen LogP contribution in [0.3, 0.4) is 0 Å². The van der Waals surface area contributed by atoms with Crippen LogP contribution in [0.5, 0.6) is 0 Å². The molecule has 0 aliphatic carbocycles. The van der Waals surface area contributed by atoms with E-state index in [0.717, 1.165) is 35.6 Å². The summed E-state index contributed by atoms with van der Waals surface area (Å²) in [5, 5.41) is 17.5. The van der Waals surface area contributed by atoms with Gasteiger partial charge in [0.25, 0.3) is 5.91 Å². The molecule has 0 bridgehead atoms. The smallest absolute Gasteiger partial charge is 0.252 e. The number of carbonyl (C=O) groups is 2. The van der Waals surface area contributed by atoms with Crippen LogP contribution in [0.15, 0.2) is 66.7 Å². The zero-order chi connectivity index (χ0) is 26.6. The number of anilines is 2. The summed E-state index contributed by atoms with van der Waals surface area (Å²) in [7, 11) is 0.